The zero-order chi connectivity index (χ0) is 13.6. The van der Waals surface area contributed by atoms with Gasteiger partial charge < -0.3 is 10.1 Å². The third-order valence-corrected chi connectivity index (χ3v) is 3.06. The number of alkyl halides is 3. The van der Waals surface area contributed by atoms with Crippen molar-refractivity contribution in [2.75, 3.05) is 12.0 Å². The second-order valence-corrected chi connectivity index (χ2v) is 4.84. The average Bonchev–Trinajstić information content (AvgIpc) is 2.26. The average molecular weight is 279 g/mol. The maximum absolute atomic E-state index is 11.9. The maximum atomic E-state index is 11.9. The molecule has 102 valence electrons. The number of hydrogen-bond acceptors (Lipinski definition) is 3. The first-order valence-electron chi connectivity index (χ1n) is 5.47. The number of thioether (sulfide) groups is 1. The second kappa shape index (κ2) is 6.89. The first-order chi connectivity index (χ1) is 8.40. The Morgan fingerprint density at radius 1 is 1.28 bits per heavy atom. The molecule has 0 heterocycles. The first kappa shape index (κ1) is 15.2. The van der Waals surface area contributed by atoms with Gasteiger partial charge in [0.2, 0.25) is 0 Å². The van der Waals surface area contributed by atoms with Crippen LogP contribution in [0.4, 0.5) is 13.2 Å². The minimum absolute atomic E-state index is 0.191. The Kier molecular flexibility index (Phi) is 5.81. The highest BCUT2D eigenvalue weighted by atomic mass is 32.2. The van der Waals surface area contributed by atoms with E-state index in [1.54, 1.807) is 23.9 Å². The zero-order valence-electron chi connectivity index (χ0n) is 10.3. The van der Waals surface area contributed by atoms with Crippen molar-refractivity contribution in [2.24, 2.45) is 0 Å². The van der Waals surface area contributed by atoms with Gasteiger partial charge in [0.15, 0.2) is 0 Å². The standard InChI is InChI=1S/C12H16F3NOS/c1-9(8-18-2)16-7-10-3-5-11(6-4-10)17-12(13,14)15/h3-6,9,16H,7-8H2,1-2H3. The van der Waals surface area contributed by atoms with Gasteiger partial charge in [-0.05, 0) is 30.9 Å². The van der Waals surface area contributed by atoms with Gasteiger partial charge in [-0.2, -0.15) is 11.8 Å². The summed E-state index contributed by atoms with van der Waals surface area (Å²) in [5, 5.41) is 3.28. The molecular weight excluding hydrogens is 263 g/mol. The van der Waals surface area contributed by atoms with Crippen molar-refractivity contribution in [3.63, 3.8) is 0 Å². The number of ether oxygens (including phenoxy) is 1. The molecule has 1 atom stereocenters. The lowest BCUT2D eigenvalue weighted by molar-refractivity contribution is -0.274. The van der Waals surface area contributed by atoms with Crippen molar-refractivity contribution in [1.82, 2.24) is 5.32 Å². The van der Waals surface area contributed by atoms with Gasteiger partial charge in [-0.15, -0.1) is 13.2 Å². The Bertz CT molecular complexity index is 353. The normalized spacial score (nSPS) is 13.4. The fourth-order valence-electron chi connectivity index (χ4n) is 1.41. The summed E-state index contributed by atoms with van der Waals surface area (Å²) in [5.41, 5.74) is 0.928. The SMILES string of the molecule is CSCC(C)NCc1ccc(OC(F)(F)F)cc1. The summed E-state index contributed by atoms with van der Waals surface area (Å²) >= 11 is 1.75. The molecule has 0 saturated carbocycles. The summed E-state index contributed by atoms with van der Waals surface area (Å²) < 4.78 is 39.6. The van der Waals surface area contributed by atoms with Crippen LogP contribution < -0.4 is 10.1 Å². The van der Waals surface area contributed by atoms with Crippen LogP contribution in [0.1, 0.15) is 12.5 Å². The molecular formula is C12H16F3NOS. The van der Waals surface area contributed by atoms with E-state index < -0.39 is 6.36 Å². The molecule has 6 heteroatoms. The fraction of sp³-hybridized carbons (Fsp3) is 0.500. The molecule has 1 aromatic rings. The van der Waals surface area contributed by atoms with Gasteiger partial charge in [0.1, 0.15) is 5.75 Å². The molecule has 0 aromatic heterocycles. The van der Waals surface area contributed by atoms with Crippen molar-refractivity contribution in [3.05, 3.63) is 29.8 Å². The van der Waals surface area contributed by atoms with Crippen LogP contribution in [0.5, 0.6) is 5.75 Å². The van der Waals surface area contributed by atoms with Crippen molar-refractivity contribution in [2.45, 2.75) is 25.9 Å². The Hall–Kier alpha value is -0.880. The predicted molar refractivity (Wildman–Crippen MR) is 67.8 cm³/mol. The lowest BCUT2D eigenvalue weighted by atomic mass is 10.2. The summed E-state index contributed by atoms with van der Waals surface area (Å²) in [4.78, 5) is 0. The molecule has 1 unspecified atom stereocenters. The molecule has 0 aliphatic carbocycles. The van der Waals surface area contributed by atoms with Crippen LogP contribution in [0.2, 0.25) is 0 Å². The maximum Gasteiger partial charge on any atom is 0.573 e. The van der Waals surface area contributed by atoms with Crippen molar-refractivity contribution < 1.29 is 17.9 Å². The van der Waals surface area contributed by atoms with E-state index in [4.69, 9.17) is 0 Å². The summed E-state index contributed by atoms with van der Waals surface area (Å²) in [5.74, 6) is 0.804. The highest BCUT2D eigenvalue weighted by Gasteiger charge is 2.30. The minimum atomic E-state index is -4.63. The summed E-state index contributed by atoms with van der Waals surface area (Å²) in [7, 11) is 0. The Morgan fingerprint density at radius 2 is 1.89 bits per heavy atom. The van der Waals surface area contributed by atoms with Crippen LogP contribution in [-0.2, 0) is 6.54 Å². The number of halogens is 3. The van der Waals surface area contributed by atoms with E-state index in [-0.39, 0.29) is 5.75 Å². The van der Waals surface area contributed by atoms with Crippen molar-refractivity contribution >= 4 is 11.8 Å². The molecule has 0 spiro atoms. The molecule has 0 saturated heterocycles. The molecule has 0 aliphatic heterocycles. The van der Waals surface area contributed by atoms with Crippen LogP contribution in [0, 0.1) is 0 Å². The minimum Gasteiger partial charge on any atom is -0.406 e. The molecule has 1 rings (SSSR count). The van der Waals surface area contributed by atoms with Crippen LogP contribution in [0.15, 0.2) is 24.3 Å². The largest absolute Gasteiger partial charge is 0.573 e. The van der Waals surface area contributed by atoms with E-state index in [9.17, 15) is 13.2 Å². The second-order valence-electron chi connectivity index (χ2n) is 3.93. The van der Waals surface area contributed by atoms with E-state index in [0.717, 1.165) is 11.3 Å². The molecule has 2 nitrogen and oxygen atoms in total. The van der Waals surface area contributed by atoms with E-state index in [0.29, 0.717) is 12.6 Å². The Balaban J connectivity index is 2.45. The molecule has 1 aromatic carbocycles. The predicted octanol–water partition coefficient (Wildman–Crippen LogP) is 3.43. The summed E-state index contributed by atoms with van der Waals surface area (Å²) in [6.07, 6.45) is -2.60. The molecule has 18 heavy (non-hydrogen) atoms. The summed E-state index contributed by atoms with van der Waals surface area (Å²) in [6.45, 7) is 2.70. The highest BCUT2D eigenvalue weighted by molar-refractivity contribution is 7.98. The van der Waals surface area contributed by atoms with Gasteiger partial charge >= 0.3 is 6.36 Å². The van der Waals surface area contributed by atoms with Crippen LogP contribution in [-0.4, -0.2) is 24.4 Å². The van der Waals surface area contributed by atoms with E-state index in [1.165, 1.54) is 12.1 Å². The highest BCUT2D eigenvalue weighted by Crippen LogP contribution is 2.22. The summed E-state index contributed by atoms with van der Waals surface area (Å²) in [6, 6.07) is 6.26. The number of hydrogen-bond donors (Lipinski definition) is 1. The van der Waals surface area contributed by atoms with Gasteiger partial charge in [-0.3, -0.25) is 0 Å². The van der Waals surface area contributed by atoms with Crippen LogP contribution in [0.25, 0.3) is 0 Å². The monoisotopic (exact) mass is 279 g/mol. The third-order valence-electron chi connectivity index (χ3n) is 2.23. The number of rotatable bonds is 6. The van der Waals surface area contributed by atoms with E-state index in [1.807, 2.05) is 6.26 Å². The molecule has 0 aliphatic rings. The van der Waals surface area contributed by atoms with E-state index in [2.05, 4.69) is 17.0 Å². The number of nitrogens with one attached hydrogen (secondary N) is 1. The van der Waals surface area contributed by atoms with Gasteiger partial charge in [0, 0.05) is 18.3 Å². The molecule has 0 fully saturated rings. The zero-order valence-corrected chi connectivity index (χ0v) is 11.1. The molecule has 0 radical (unpaired) electrons. The smallest absolute Gasteiger partial charge is 0.406 e. The number of benzene rings is 1. The quantitative estimate of drug-likeness (QED) is 0.862. The van der Waals surface area contributed by atoms with Crippen LogP contribution in [0.3, 0.4) is 0 Å². The lowest BCUT2D eigenvalue weighted by Crippen LogP contribution is -2.27. The first-order valence-corrected chi connectivity index (χ1v) is 6.87. The molecule has 1 N–H and O–H groups in total. The lowest BCUT2D eigenvalue weighted by Gasteiger charge is -2.13. The van der Waals surface area contributed by atoms with Gasteiger partial charge in [0.05, 0.1) is 0 Å². The van der Waals surface area contributed by atoms with Gasteiger partial charge in [0.25, 0.3) is 0 Å². The van der Waals surface area contributed by atoms with Gasteiger partial charge in [-0.1, -0.05) is 12.1 Å². The molecule has 0 amide bonds. The Labute approximate surface area is 109 Å². The topological polar surface area (TPSA) is 21.3 Å². The fourth-order valence-corrected chi connectivity index (χ4v) is 2.03. The van der Waals surface area contributed by atoms with Crippen molar-refractivity contribution in [3.8, 4) is 5.75 Å². The third kappa shape index (κ3) is 6.16. The van der Waals surface area contributed by atoms with Crippen LogP contribution >= 0.6 is 11.8 Å². The van der Waals surface area contributed by atoms with Crippen molar-refractivity contribution in [1.29, 1.82) is 0 Å². The Morgan fingerprint density at radius 3 is 2.39 bits per heavy atom. The van der Waals surface area contributed by atoms with E-state index >= 15 is 0 Å². The molecule has 0 bridgehead atoms. The van der Waals surface area contributed by atoms with Gasteiger partial charge in [-0.25, -0.2) is 0 Å².